The summed E-state index contributed by atoms with van der Waals surface area (Å²) in [4.78, 5) is 20.3. The van der Waals surface area contributed by atoms with Crippen molar-refractivity contribution in [3.05, 3.63) is 47.8 Å². The quantitative estimate of drug-likeness (QED) is 0.696. The monoisotopic (exact) mass is 420 g/mol. The van der Waals surface area contributed by atoms with Gasteiger partial charge in [-0.2, -0.15) is 18.3 Å². The number of halogens is 3. The molecule has 7 nitrogen and oxygen atoms in total. The molecule has 1 aromatic carbocycles. The van der Waals surface area contributed by atoms with Gasteiger partial charge in [0.15, 0.2) is 11.3 Å². The van der Waals surface area contributed by atoms with Gasteiger partial charge in [0, 0.05) is 5.56 Å². The Morgan fingerprint density at radius 1 is 1.17 bits per heavy atom. The number of amides is 1. The van der Waals surface area contributed by atoms with E-state index in [1.165, 1.54) is 18.2 Å². The summed E-state index contributed by atoms with van der Waals surface area (Å²) in [6.07, 6.45) is -3.49. The molecule has 0 spiro atoms. The second-order valence-corrected chi connectivity index (χ2v) is 7.30. The molecule has 1 saturated heterocycles. The minimum Gasteiger partial charge on any atom is -0.497 e. The number of piperazine rings is 1. The summed E-state index contributed by atoms with van der Waals surface area (Å²) >= 11 is 0. The van der Waals surface area contributed by atoms with Crippen molar-refractivity contribution in [2.24, 2.45) is 0 Å². The molecule has 0 bridgehead atoms. The summed E-state index contributed by atoms with van der Waals surface area (Å²) in [6, 6.07) is 7.47. The fraction of sp³-hybridized carbons (Fsp3) is 0.350. The first-order valence-electron chi connectivity index (χ1n) is 9.49. The number of hydrogen-bond acceptors (Lipinski definition) is 4. The van der Waals surface area contributed by atoms with Crippen molar-refractivity contribution in [2.45, 2.75) is 6.18 Å². The van der Waals surface area contributed by atoms with E-state index in [1.807, 2.05) is 7.05 Å². The zero-order valence-electron chi connectivity index (χ0n) is 16.5. The van der Waals surface area contributed by atoms with Gasteiger partial charge in [-0.05, 0) is 30.3 Å². The predicted molar refractivity (Wildman–Crippen MR) is 103 cm³/mol. The molecule has 1 N–H and O–H groups in total. The Labute approximate surface area is 170 Å². The van der Waals surface area contributed by atoms with E-state index in [9.17, 15) is 18.0 Å². The van der Waals surface area contributed by atoms with Crippen molar-refractivity contribution in [2.75, 3.05) is 40.3 Å². The van der Waals surface area contributed by atoms with Crippen molar-refractivity contribution < 1.29 is 27.6 Å². The maximum Gasteiger partial charge on any atom is 0.433 e. The molecule has 3 aromatic rings. The Hall–Kier alpha value is -3.14. The van der Waals surface area contributed by atoms with E-state index in [-0.39, 0.29) is 22.8 Å². The number of quaternary nitrogens is 1. The van der Waals surface area contributed by atoms with Crippen LogP contribution in [-0.2, 0) is 6.18 Å². The van der Waals surface area contributed by atoms with Gasteiger partial charge in [0.1, 0.15) is 11.3 Å². The molecule has 0 unspecified atom stereocenters. The molecule has 2 aromatic heterocycles. The van der Waals surface area contributed by atoms with E-state index >= 15 is 0 Å². The second-order valence-electron chi connectivity index (χ2n) is 7.30. The molecule has 10 heteroatoms. The van der Waals surface area contributed by atoms with E-state index in [2.05, 4.69) is 10.1 Å². The molecule has 0 aliphatic carbocycles. The number of nitrogens with zero attached hydrogens (tertiary/aromatic N) is 4. The first-order chi connectivity index (χ1) is 14.3. The maximum atomic E-state index is 13.7. The van der Waals surface area contributed by atoms with Crippen molar-refractivity contribution in [3.8, 4) is 17.0 Å². The fourth-order valence-electron chi connectivity index (χ4n) is 3.49. The number of benzene rings is 1. The van der Waals surface area contributed by atoms with Crippen molar-refractivity contribution in [1.82, 2.24) is 19.5 Å². The van der Waals surface area contributed by atoms with Crippen LogP contribution in [0.4, 0.5) is 13.2 Å². The number of likely N-dealkylation sites (N-methyl/N-ethyl adjacent to an activating group) is 1. The average molecular weight is 420 g/mol. The largest absolute Gasteiger partial charge is 0.497 e. The van der Waals surface area contributed by atoms with Crippen LogP contribution < -0.4 is 9.64 Å². The molecule has 30 heavy (non-hydrogen) atoms. The minimum absolute atomic E-state index is 0.0652. The molecule has 0 saturated carbocycles. The Kier molecular flexibility index (Phi) is 5.10. The van der Waals surface area contributed by atoms with Crippen molar-refractivity contribution in [1.29, 1.82) is 0 Å². The summed E-state index contributed by atoms with van der Waals surface area (Å²) in [5, 5.41) is 3.84. The highest BCUT2D eigenvalue weighted by molar-refractivity contribution is 6.00. The third-order valence-electron chi connectivity index (χ3n) is 5.28. The van der Waals surface area contributed by atoms with Gasteiger partial charge in [0.25, 0.3) is 5.91 Å². The third kappa shape index (κ3) is 3.70. The van der Waals surface area contributed by atoms with Crippen LogP contribution in [-0.4, -0.2) is 65.7 Å². The molecule has 3 heterocycles. The molecule has 0 radical (unpaired) electrons. The van der Waals surface area contributed by atoms with Crippen LogP contribution in [0.2, 0.25) is 0 Å². The van der Waals surface area contributed by atoms with Gasteiger partial charge < -0.3 is 14.5 Å². The lowest BCUT2D eigenvalue weighted by Crippen LogP contribution is -3.12. The SMILES string of the molecule is COc1ccc(-c2cc(C(F)(F)F)n3ncc(C(=O)N4CC[NH+](C)CC4)c3n2)cc1. The number of carbonyl (C=O) groups excluding carboxylic acids is 1. The normalized spacial score (nSPS) is 15.6. The van der Waals surface area contributed by atoms with Gasteiger partial charge in [-0.1, -0.05) is 0 Å². The minimum atomic E-state index is -4.66. The Morgan fingerprint density at radius 3 is 2.43 bits per heavy atom. The van der Waals surface area contributed by atoms with E-state index in [4.69, 9.17) is 4.74 Å². The highest BCUT2D eigenvalue weighted by Crippen LogP contribution is 2.33. The summed E-state index contributed by atoms with van der Waals surface area (Å²) in [7, 11) is 3.54. The van der Waals surface area contributed by atoms with Gasteiger partial charge in [-0.15, -0.1) is 0 Å². The second kappa shape index (κ2) is 7.60. The van der Waals surface area contributed by atoms with E-state index < -0.39 is 11.9 Å². The Morgan fingerprint density at radius 2 is 1.83 bits per heavy atom. The molecular weight excluding hydrogens is 399 g/mol. The fourth-order valence-corrected chi connectivity index (χ4v) is 3.49. The number of alkyl halides is 3. The zero-order chi connectivity index (χ0) is 21.5. The number of carbonyl (C=O) groups is 1. The Bertz CT molecular complexity index is 1070. The first-order valence-corrected chi connectivity index (χ1v) is 9.49. The molecule has 0 atom stereocenters. The lowest BCUT2D eigenvalue weighted by Gasteiger charge is -2.29. The molecule has 158 valence electrons. The van der Waals surface area contributed by atoms with Crippen molar-refractivity contribution >= 4 is 11.6 Å². The molecule has 1 amide bonds. The van der Waals surface area contributed by atoms with Crippen molar-refractivity contribution in [3.63, 3.8) is 0 Å². The van der Waals surface area contributed by atoms with Crippen LogP contribution in [0.25, 0.3) is 16.9 Å². The topological polar surface area (TPSA) is 64.2 Å². The smallest absolute Gasteiger partial charge is 0.433 e. The molecule has 1 fully saturated rings. The molecule has 4 rings (SSSR count). The Balaban J connectivity index is 1.82. The third-order valence-corrected chi connectivity index (χ3v) is 5.28. The lowest BCUT2D eigenvalue weighted by atomic mass is 10.1. The lowest BCUT2D eigenvalue weighted by molar-refractivity contribution is -0.883. The van der Waals surface area contributed by atoms with Crippen LogP contribution in [0.3, 0.4) is 0 Å². The maximum absolute atomic E-state index is 13.7. The van der Waals surface area contributed by atoms with Crippen LogP contribution in [0.5, 0.6) is 5.75 Å². The van der Waals surface area contributed by atoms with Gasteiger partial charge in [-0.3, -0.25) is 4.79 Å². The summed E-state index contributed by atoms with van der Waals surface area (Å²) in [6.45, 7) is 2.63. The number of rotatable bonds is 3. The van der Waals surface area contributed by atoms with Gasteiger partial charge >= 0.3 is 6.18 Å². The molecular formula is C20H21F3N5O2+. The highest BCUT2D eigenvalue weighted by atomic mass is 19.4. The van der Waals surface area contributed by atoms with Crippen LogP contribution in [0.15, 0.2) is 36.5 Å². The standard InChI is InChI=1S/C20H20F3N5O2/c1-26-7-9-27(10-8-26)19(29)15-12-24-28-17(20(21,22)23)11-16(25-18(15)28)13-3-5-14(30-2)6-4-13/h3-6,11-12H,7-10H2,1-2H3/p+1. The van der Waals surface area contributed by atoms with E-state index in [0.717, 1.165) is 19.2 Å². The van der Waals surface area contributed by atoms with Gasteiger partial charge in [-0.25, -0.2) is 9.50 Å². The summed E-state index contributed by atoms with van der Waals surface area (Å²) in [5.41, 5.74) is -0.441. The average Bonchev–Trinajstić information content (AvgIpc) is 3.16. The van der Waals surface area contributed by atoms with E-state index in [0.29, 0.717) is 28.9 Å². The van der Waals surface area contributed by atoms with Gasteiger partial charge in [0.05, 0.1) is 52.2 Å². The number of ether oxygens (including phenoxy) is 1. The number of nitrogens with one attached hydrogen (secondary N) is 1. The number of hydrogen-bond donors (Lipinski definition) is 1. The van der Waals surface area contributed by atoms with Crippen LogP contribution in [0, 0.1) is 0 Å². The molecule has 1 aliphatic rings. The predicted octanol–water partition coefficient (Wildman–Crippen LogP) is 1.39. The zero-order valence-corrected chi connectivity index (χ0v) is 16.5. The number of methoxy groups -OCH3 is 1. The van der Waals surface area contributed by atoms with Gasteiger partial charge in [0.2, 0.25) is 0 Å². The first kappa shape index (κ1) is 20.1. The number of aromatic nitrogens is 3. The van der Waals surface area contributed by atoms with Crippen LogP contribution in [0.1, 0.15) is 16.1 Å². The van der Waals surface area contributed by atoms with Crippen LogP contribution >= 0.6 is 0 Å². The number of fused-ring (bicyclic) bond motifs is 1. The highest BCUT2D eigenvalue weighted by Gasteiger charge is 2.36. The summed E-state index contributed by atoms with van der Waals surface area (Å²) < 4.78 is 47.0. The van der Waals surface area contributed by atoms with E-state index in [1.54, 1.807) is 29.2 Å². The summed E-state index contributed by atoms with van der Waals surface area (Å²) in [5.74, 6) is 0.221. The molecule has 1 aliphatic heterocycles.